The first-order valence-electron chi connectivity index (χ1n) is 6.56. The van der Waals surface area contributed by atoms with Gasteiger partial charge in [0.25, 0.3) is 0 Å². The third kappa shape index (κ3) is 3.09. The molecule has 1 fully saturated rings. The van der Waals surface area contributed by atoms with Crippen LogP contribution in [0.4, 0.5) is 0 Å². The zero-order chi connectivity index (χ0) is 12.1. The lowest BCUT2D eigenvalue weighted by Gasteiger charge is -2.11. The molecule has 0 radical (unpaired) electrons. The van der Waals surface area contributed by atoms with Crippen LogP contribution < -0.4 is 4.74 Å². The molecule has 0 N–H and O–H groups in total. The lowest BCUT2D eigenvalue weighted by atomic mass is 9.96. The van der Waals surface area contributed by atoms with Crippen LogP contribution in [-0.2, 0) is 0 Å². The molecule has 0 atom stereocenters. The van der Waals surface area contributed by atoms with Crippen LogP contribution in [0.15, 0.2) is 24.3 Å². The Morgan fingerprint density at radius 1 is 1.29 bits per heavy atom. The summed E-state index contributed by atoms with van der Waals surface area (Å²) in [5.74, 6) is 1.57. The molecule has 0 spiro atoms. The Morgan fingerprint density at radius 2 is 2.00 bits per heavy atom. The summed E-state index contributed by atoms with van der Waals surface area (Å²) in [7, 11) is 0. The summed E-state index contributed by atoms with van der Waals surface area (Å²) >= 11 is 0. The van der Waals surface area contributed by atoms with Gasteiger partial charge in [-0.15, -0.1) is 0 Å². The third-order valence-corrected chi connectivity index (χ3v) is 3.44. The average molecular weight is 232 g/mol. The molecule has 1 saturated carbocycles. The van der Waals surface area contributed by atoms with Crippen LogP contribution in [0.25, 0.3) is 0 Å². The minimum absolute atomic E-state index is 0.237. The summed E-state index contributed by atoms with van der Waals surface area (Å²) in [5.41, 5.74) is 0.751. The molecule has 2 nitrogen and oxygen atoms in total. The summed E-state index contributed by atoms with van der Waals surface area (Å²) in [6, 6.07) is 7.58. The first-order valence-corrected chi connectivity index (χ1v) is 6.56. The van der Waals surface area contributed by atoms with Crippen LogP contribution in [0, 0.1) is 5.92 Å². The molecule has 1 aliphatic carbocycles. The third-order valence-electron chi connectivity index (χ3n) is 3.44. The number of carbonyl (C=O) groups excluding carboxylic acids is 1. The first-order chi connectivity index (χ1) is 8.31. The molecular formula is C15H20O2. The minimum atomic E-state index is 0.237. The van der Waals surface area contributed by atoms with Crippen molar-refractivity contribution < 1.29 is 9.53 Å². The Balaban J connectivity index is 2.06. The van der Waals surface area contributed by atoms with Crippen LogP contribution in [0.3, 0.4) is 0 Å². The highest BCUT2D eigenvalue weighted by molar-refractivity contribution is 5.98. The Kier molecular flexibility index (Phi) is 4.18. The van der Waals surface area contributed by atoms with Crippen molar-refractivity contribution in [1.29, 1.82) is 0 Å². The Labute approximate surface area is 103 Å². The van der Waals surface area contributed by atoms with Crippen molar-refractivity contribution >= 4 is 5.78 Å². The number of hydrogen-bond acceptors (Lipinski definition) is 2. The lowest BCUT2D eigenvalue weighted by Crippen LogP contribution is -2.08. The van der Waals surface area contributed by atoms with E-state index in [0.29, 0.717) is 18.9 Å². The smallest absolute Gasteiger partial charge is 0.166 e. The van der Waals surface area contributed by atoms with Crippen LogP contribution in [-0.4, -0.2) is 12.4 Å². The molecular weight excluding hydrogens is 212 g/mol. The number of benzene rings is 1. The van der Waals surface area contributed by atoms with Gasteiger partial charge in [-0.05, 0) is 25.0 Å². The number of ether oxygens (including phenoxy) is 1. The van der Waals surface area contributed by atoms with Crippen LogP contribution in [0.2, 0.25) is 0 Å². The molecule has 0 aromatic heterocycles. The van der Waals surface area contributed by atoms with E-state index in [1.165, 1.54) is 25.7 Å². The SMILES string of the molecule is CCOc1ccccc1C(=O)CC1CCCC1. The summed E-state index contributed by atoms with van der Waals surface area (Å²) in [4.78, 5) is 12.2. The molecule has 0 unspecified atom stereocenters. The van der Waals surface area contributed by atoms with Gasteiger partial charge in [0, 0.05) is 6.42 Å². The molecule has 2 heteroatoms. The van der Waals surface area contributed by atoms with Crippen molar-refractivity contribution in [3.05, 3.63) is 29.8 Å². The Bertz CT molecular complexity index is 378. The van der Waals surface area contributed by atoms with Gasteiger partial charge in [-0.2, -0.15) is 0 Å². The number of ketones is 1. The number of hydrogen-bond donors (Lipinski definition) is 0. The van der Waals surface area contributed by atoms with E-state index in [1.807, 2.05) is 31.2 Å². The van der Waals surface area contributed by atoms with Crippen LogP contribution >= 0.6 is 0 Å². The molecule has 1 aromatic carbocycles. The predicted molar refractivity (Wildman–Crippen MR) is 68.5 cm³/mol. The molecule has 0 aliphatic heterocycles. The van der Waals surface area contributed by atoms with E-state index in [2.05, 4.69) is 0 Å². The van der Waals surface area contributed by atoms with Crippen LogP contribution in [0.1, 0.15) is 49.4 Å². The minimum Gasteiger partial charge on any atom is -0.493 e. The van der Waals surface area contributed by atoms with Gasteiger partial charge in [0.05, 0.1) is 12.2 Å². The Hall–Kier alpha value is -1.31. The van der Waals surface area contributed by atoms with Gasteiger partial charge in [-0.3, -0.25) is 4.79 Å². The Morgan fingerprint density at radius 3 is 2.71 bits per heavy atom. The van der Waals surface area contributed by atoms with Crippen molar-refractivity contribution in [1.82, 2.24) is 0 Å². The maximum absolute atomic E-state index is 12.2. The normalized spacial score (nSPS) is 16.1. The van der Waals surface area contributed by atoms with E-state index in [4.69, 9.17) is 4.74 Å². The molecule has 17 heavy (non-hydrogen) atoms. The monoisotopic (exact) mass is 232 g/mol. The second-order valence-corrected chi connectivity index (χ2v) is 4.71. The van der Waals surface area contributed by atoms with Crippen molar-refractivity contribution in [2.75, 3.05) is 6.61 Å². The van der Waals surface area contributed by atoms with Gasteiger partial charge in [-0.1, -0.05) is 37.8 Å². The highest BCUT2D eigenvalue weighted by Gasteiger charge is 2.20. The highest BCUT2D eigenvalue weighted by Crippen LogP contribution is 2.30. The van der Waals surface area contributed by atoms with Gasteiger partial charge in [-0.25, -0.2) is 0 Å². The fraction of sp³-hybridized carbons (Fsp3) is 0.533. The van der Waals surface area contributed by atoms with Crippen molar-refractivity contribution in [2.45, 2.75) is 39.0 Å². The summed E-state index contributed by atoms with van der Waals surface area (Å²) in [5, 5.41) is 0. The summed E-state index contributed by atoms with van der Waals surface area (Å²) < 4.78 is 5.50. The fourth-order valence-electron chi connectivity index (χ4n) is 2.57. The fourth-order valence-corrected chi connectivity index (χ4v) is 2.57. The van der Waals surface area contributed by atoms with Gasteiger partial charge >= 0.3 is 0 Å². The molecule has 92 valence electrons. The number of para-hydroxylation sites is 1. The van der Waals surface area contributed by atoms with E-state index in [0.717, 1.165) is 11.3 Å². The quantitative estimate of drug-likeness (QED) is 0.721. The second kappa shape index (κ2) is 5.85. The lowest BCUT2D eigenvalue weighted by molar-refractivity contribution is 0.0958. The van der Waals surface area contributed by atoms with E-state index < -0.39 is 0 Å². The molecule has 0 amide bonds. The van der Waals surface area contributed by atoms with E-state index >= 15 is 0 Å². The van der Waals surface area contributed by atoms with E-state index in [-0.39, 0.29) is 5.78 Å². The number of carbonyl (C=O) groups is 1. The molecule has 2 rings (SSSR count). The maximum atomic E-state index is 12.2. The standard InChI is InChI=1S/C15H20O2/c1-2-17-15-10-6-5-9-13(15)14(16)11-12-7-3-4-8-12/h5-6,9-10,12H,2-4,7-8,11H2,1H3. The molecule has 0 saturated heterocycles. The zero-order valence-corrected chi connectivity index (χ0v) is 10.4. The average Bonchev–Trinajstić information content (AvgIpc) is 2.83. The topological polar surface area (TPSA) is 26.3 Å². The summed E-state index contributed by atoms with van der Waals surface area (Å²) in [6.45, 7) is 2.55. The molecule has 0 bridgehead atoms. The van der Waals surface area contributed by atoms with E-state index in [9.17, 15) is 4.79 Å². The van der Waals surface area contributed by atoms with Gasteiger partial charge in [0.2, 0.25) is 0 Å². The van der Waals surface area contributed by atoms with Gasteiger partial charge in [0.1, 0.15) is 5.75 Å². The number of Topliss-reactive ketones (excluding diaryl/α,β-unsaturated/α-hetero) is 1. The van der Waals surface area contributed by atoms with Crippen molar-refractivity contribution in [3.8, 4) is 5.75 Å². The van der Waals surface area contributed by atoms with Crippen LogP contribution in [0.5, 0.6) is 5.75 Å². The molecule has 1 aromatic rings. The highest BCUT2D eigenvalue weighted by atomic mass is 16.5. The van der Waals surface area contributed by atoms with E-state index in [1.54, 1.807) is 0 Å². The predicted octanol–water partition coefficient (Wildman–Crippen LogP) is 3.85. The van der Waals surface area contributed by atoms with Gasteiger partial charge < -0.3 is 4.74 Å². The zero-order valence-electron chi connectivity index (χ0n) is 10.4. The molecule has 1 aliphatic rings. The second-order valence-electron chi connectivity index (χ2n) is 4.71. The number of rotatable bonds is 5. The largest absolute Gasteiger partial charge is 0.493 e. The van der Waals surface area contributed by atoms with Gasteiger partial charge in [0.15, 0.2) is 5.78 Å². The summed E-state index contributed by atoms with van der Waals surface area (Å²) in [6.07, 6.45) is 5.67. The van der Waals surface area contributed by atoms with Crippen molar-refractivity contribution in [2.24, 2.45) is 5.92 Å². The van der Waals surface area contributed by atoms with Crippen molar-refractivity contribution in [3.63, 3.8) is 0 Å². The maximum Gasteiger partial charge on any atom is 0.166 e. The first kappa shape index (κ1) is 12.2. The molecule has 0 heterocycles.